The molecule has 1 heterocycles. The van der Waals surface area contributed by atoms with Gasteiger partial charge in [0, 0.05) is 11.5 Å². The summed E-state index contributed by atoms with van der Waals surface area (Å²) in [5.41, 5.74) is 0.532. The SMILES string of the molecule is COc1cc2nc(Cl)nc(NC(CCSC)C(=O)O)c2cc1OC. The Bertz CT molecular complexity index is 744. The van der Waals surface area contributed by atoms with E-state index in [9.17, 15) is 9.90 Å². The van der Waals surface area contributed by atoms with Gasteiger partial charge in [0.15, 0.2) is 11.5 Å². The van der Waals surface area contributed by atoms with Crippen molar-refractivity contribution in [1.29, 1.82) is 0 Å². The zero-order valence-corrected chi connectivity index (χ0v) is 15.1. The molecule has 2 aromatic rings. The van der Waals surface area contributed by atoms with E-state index >= 15 is 0 Å². The molecule has 1 aromatic heterocycles. The zero-order valence-electron chi connectivity index (χ0n) is 13.5. The van der Waals surface area contributed by atoms with Crippen molar-refractivity contribution in [2.75, 3.05) is 31.5 Å². The van der Waals surface area contributed by atoms with Crippen LogP contribution in [0.1, 0.15) is 6.42 Å². The largest absolute Gasteiger partial charge is 0.493 e. The molecule has 9 heteroatoms. The maximum atomic E-state index is 11.5. The molecule has 0 saturated heterocycles. The van der Waals surface area contributed by atoms with Gasteiger partial charge < -0.3 is 19.9 Å². The molecule has 0 radical (unpaired) electrons. The first-order valence-electron chi connectivity index (χ1n) is 7.07. The van der Waals surface area contributed by atoms with E-state index in [1.165, 1.54) is 14.2 Å². The summed E-state index contributed by atoms with van der Waals surface area (Å²) in [7, 11) is 3.04. The molecule has 0 saturated carbocycles. The Balaban J connectivity index is 2.49. The lowest BCUT2D eigenvalue weighted by Gasteiger charge is -2.17. The lowest BCUT2D eigenvalue weighted by molar-refractivity contribution is -0.137. The molecule has 0 bridgehead atoms. The molecule has 0 spiro atoms. The normalized spacial score (nSPS) is 12.0. The summed E-state index contributed by atoms with van der Waals surface area (Å²) >= 11 is 7.55. The minimum atomic E-state index is -0.951. The molecule has 1 unspecified atom stereocenters. The number of halogens is 1. The molecule has 24 heavy (non-hydrogen) atoms. The third-order valence-corrected chi connectivity index (χ3v) is 4.21. The first-order chi connectivity index (χ1) is 11.5. The Kier molecular flexibility index (Phi) is 6.33. The number of aliphatic carboxylic acids is 1. The number of anilines is 1. The molecule has 2 rings (SSSR count). The number of nitrogens with zero attached hydrogens (tertiary/aromatic N) is 2. The summed E-state index contributed by atoms with van der Waals surface area (Å²) in [6, 6.07) is 2.59. The van der Waals surface area contributed by atoms with Crippen molar-refractivity contribution in [2.45, 2.75) is 12.5 Å². The number of rotatable bonds is 8. The highest BCUT2D eigenvalue weighted by Crippen LogP contribution is 2.34. The highest BCUT2D eigenvalue weighted by atomic mass is 35.5. The van der Waals surface area contributed by atoms with Crippen molar-refractivity contribution in [3.63, 3.8) is 0 Å². The maximum absolute atomic E-state index is 11.5. The summed E-state index contributed by atoms with van der Waals surface area (Å²) < 4.78 is 10.5. The molecule has 1 atom stereocenters. The van der Waals surface area contributed by atoms with Crippen molar-refractivity contribution in [2.24, 2.45) is 0 Å². The fourth-order valence-corrected chi connectivity index (χ4v) is 2.84. The number of methoxy groups -OCH3 is 2. The number of carboxylic acids is 1. The number of ether oxygens (including phenoxy) is 2. The molecule has 0 aliphatic carbocycles. The number of benzene rings is 1. The number of thioether (sulfide) groups is 1. The lowest BCUT2D eigenvalue weighted by Crippen LogP contribution is -2.30. The summed E-state index contributed by atoms with van der Waals surface area (Å²) in [4.78, 5) is 19.8. The lowest BCUT2D eigenvalue weighted by atomic mass is 10.1. The molecule has 130 valence electrons. The van der Waals surface area contributed by atoms with Crippen LogP contribution in [0, 0.1) is 0 Å². The molecule has 2 N–H and O–H groups in total. The second-order valence-electron chi connectivity index (χ2n) is 4.88. The smallest absolute Gasteiger partial charge is 0.326 e. The van der Waals surface area contributed by atoms with Crippen LogP contribution in [-0.4, -0.2) is 53.3 Å². The Hall–Kier alpha value is -1.93. The van der Waals surface area contributed by atoms with Crippen LogP contribution in [0.15, 0.2) is 12.1 Å². The fourth-order valence-electron chi connectivity index (χ4n) is 2.20. The van der Waals surface area contributed by atoms with Gasteiger partial charge in [-0.25, -0.2) is 14.8 Å². The standard InChI is InChI=1S/C15H18ClN3O4S/c1-22-11-6-8-10(7-12(11)23-2)18-15(16)19-13(8)17-9(14(20)21)4-5-24-3/h6-7,9H,4-5H2,1-3H3,(H,20,21)(H,17,18,19). The van der Waals surface area contributed by atoms with Gasteiger partial charge in [0.05, 0.1) is 19.7 Å². The van der Waals surface area contributed by atoms with Gasteiger partial charge in [-0.2, -0.15) is 11.8 Å². The Morgan fingerprint density at radius 2 is 2.00 bits per heavy atom. The summed E-state index contributed by atoms with van der Waals surface area (Å²) in [5.74, 6) is 1.10. The van der Waals surface area contributed by atoms with Crippen LogP contribution in [0.2, 0.25) is 5.28 Å². The summed E-state index contributed by atoms with van der Waals surface area (Å²) in [6.07, 6.45) is 2.37. The van der Waals surface area contributed by atoms with Crippen molar-refractivity contribution in [3.05, 3.63) is 17.4 Å². The number of hydrogen-bond donors (Lipinski definition) is 2. The van der Waals surface area contributed by atoms with E-state index < -0.39 is 12.0 Å². The number of nitrogens with one attached hydrogen (secondary N) is 1. The van der Waals surface area contributed by atoms with E-state index in [0.29, 0.717) is 40.4 Å². The molecule has 0 aliphatic rings. The molecule has 0 fully saturated rings. The van der Waals surface area contributed by atoms with Crippen molar-refractivity contribution in [1.82, 2.24) is 9.97 Å². The maximum Gasteiger partial charge on any atom is 0.326 e. The van der Waals surface area contributed by atoms with E-state index in [1.807, 2.05) is 6.26 Å². The van der Waals surface area contributed by atoms with Crippen LogP contribution in [-0.2, 0) is 4.79 Å². The van der Waals surface area contributed by atoms with Gasteiger partial charge in [0.1, 0.15) is 11.9 Å². The van der Waals surface area contributed by atoms with Gasteiger partial charge in [0.2, 0.25) is 5.28 Å². The van der Waals surface area contributed by atoms with Gasteiger partial charge in [-0.05, 0) is 36.1 Å². The van der Waals surface area contributed by atoms with E-state index in [1.54, 1.807) is 23.9 Å². The molecular weight excluding hydrogens is 354 g/mol. The van der Waals surface area contributed by atoms with Gasteiger partial charge >= 0.3 is 5.97 Å². The van der Waals surface area contributed by atoms with Crippen LogP contribution in [0.4, 0.5) is 5.82 Å². The summed E-state index contributed by atoms with van der Waals surface area (Å²) in [6.45, 7) is 0. The number of carbonyl (C=O) groups is 1. The second kappa shape index (κ2) is 8.25. The monoisotopic (exact) mass is 371 g/mol. The molecule has 7 nitrogen and oxygen atoms in total. The Morgan fingerprint density at radius 3 is 2.58 bits per heavy atom. The Morgan fingerprint density at radius 1 is 1.33 bits per heavy atom. The third-order valence-electron chi connectivity index (χ3n) is 3.39. The van der Waals surface area contributed by atoms with Crippen LogP contribution in [0.3, 0.4) is 0 Å². The molecular formula is C15H18ClN3O4S. The molecule has 1 aromatic carbocycles. The average molecular weight is 372 g/mol. The van der Waals surface area contributed by atoms with E-state index in [0.717, 1.165) is 0 Å². The van der Waals surface area contributed by atoms with E-state index in [4.69, 9.17) is 21.1 Å². The molecule has 0 aliphatic heterocycles. The van der Waals surface area contributed by atoms with Crippen LogP contribution >= 0.6 is 23.4 Å². The zero-order chi connectivity index (χ0) is 17.7. The summed E-state index contributed by atoms with van der Waals surface area (Å²) in [5, 5.41) is 13.0. The Labute approximate surface area is 148 Å². The average Bonchev–Trinajstić information content (AvgIpc) is 2.56. The van der Waals surface area contributed by atoms with Gasteiger partial charge in [-0.1, -0.05) is 0 Å². The van der Waals surface area contributed by atoms with Crippen molar-refractivity contribution in [3.8, 4) is 11.5 Å². The quantitative estimate of drug-likeness (QED) is 0.684. The first-order valence-corrected chi connectivity index (χ1v) is 8.84. The predicted octanol–water partition coefficient (Wildman–Crippen LogP) is 2.92. The highest BCUT2D eigenvalue weighted by Gasteiger charge is 2.20. The van der Waals surface area contributed by atoms with Crippen LogP contribution in [0.25, 0.3) is 10.9 Å². The van der Waals surface area contributed by atoms with Gasteiger partial charge in [-0.3, -0.25) is 0 Å². The second-order valence-corrected chi connectivity index (χ2v) is 6.21. The minimum absolute atomic E-state index is 0.0197. The fraction of sp³-hybridized carbons (Fsp3) is 0.400. The number of aromatic nitrogens is 2. The number of fused-ring (bicyclic) bond motifs is 1. The van der Waals surface area contributed by atoms with Crippen LogP contribution < -0.4 is 14.8 Å². The predicted molar refractivity (Wildman–Crippen MR) is 95.7 cm³/mol. The van der Waals surface area contributed by atoms with Crippen LogP contribution in [0.5, 0.6) is 11.5 Å². The van der Waals surface area contributed by atoms with Gasteiger partial charge in [0.25, 0.3) is 0 Å². The molecule has 0 amide bonds. The van der Waals surface area contributed by atoms with Crippen molar-refractivity contribution >= 4 is 46.1 Å². The van der Waals surface area contributed by atoms with Crippen molar-refractivity contribution < 1.29 is 19.4 Å². The topological polar surface area (TPSA) is 93.6 Å². The van der Waals surface area contributed by atoms with E-state index in [2.05, 4.69) is 15.3 Å². The number of hydrogen-bond acceptors (Lipinski definition) is 7. The van der Waals surface area contributed by atoms with Gasteiger partial charge in [-0.15, -0.1) is 0 Å². The first kappa shape index (κ1) is 18.4. The number of carboxylic acid groups (broad SMARTS) is 1. The third kappa shape index (κ3) is 4.12. The van der Waals surface area contributed by atoms with E-state index in [-0.39, 0.29) is 5.28 Å². The minimum Gasteiger partial charge on any atom is -0.493 e. The highest BCUT2D eigenvalue weighted by molar-refractivity contribution is 7.98.